The minimum absolute atomic E-state index is 0.279. The molecule has 0 bridgehead atoms. The van der Waals surface area contributed by atoms with Crippen LogP contribution in [0, 0.1) is 0 Å². The summed E-state index contributed by atoms with van der Waals surface area (Å²) in [5.74, 6) is 0.979. The van der Waals surface area contributed by atoms with Crippen molar-refractivity contribution in [1.29, 1.82) is 0 Å². The van der Waals surface area contributed by atoms with E-state index < -0.39 is 0 Å². The highest BCUT2D eigenvalue weighted by molar-refractivity contribution is 5.12. The Morgan fingerprint density at radius 2 is 2.29 bits per heavy atom. The van der Waals surface area contributed by atoms with E-state index in [-0.39, 0.29) is 11.6 Å². The van der Waals surface area contributed by atoms with Gasteiger partial charge in [0, 0.05) is 18.7 Å². The lowest BCUT2D eigenvalue weighted by atomic mass is 10.0. The first-order valence-electron chi connectivity index (χ1n) is 5.82. The van der Waals surface area contributed by atoms with Gasteiger partial charge in [-0.2, -0.15) is 0 Å². The van der Waals surface area contributed by atoms with Crippen molar-refractivity contribution in [3.8, 4) is 0 Å². The van der Waals surface area contributed by atoms with Gasteiger partial charge in [0.2, 0.25) is 0 Å². The van der Waals surface area contributed by atoms with Crippen LogP contribution in [0.5, 0.6) is 0 Å². The van der Waals surface area contributed by atoms with Gasteiger partial charge >= 0.3 is 0 Å². The summed E-state index contributed by atoms with van der Waals surface area (Å²) in [6, 6.07) is 4.17. The van der Waals surface area contributed by atoms with Crippen molar-refractivity contribution in [1.82, 2.24) is 9.55 Å². The normalized spacial score (nSPS) is 13.9. The van der Waals surface area contributed by atoms with Crippen molar-refractivity contribution in [2.24, 2.45) is 5.73 Å². The predicted octanol–water partition coefficient (Wildman–Crippen LogP) is 2.47. The van der Waals surface area contributed by atoms with Crippen molar-refractivity contribution >= 4 is 0 Å². The van der Waals surface area contributed by atoms with Gasteiger partial charge in [-0.15, -0.1) is 0 Å². The molecule has 2 rings (SSSR count). The van der Waals surface area contributed by atoms with E-state index in [9.17, 15) is 0 Å². The highest BCUT2D eigenvalue weighted by atomic mass is 16.3. The summed E-state index contributed by atoms with van der Waals surface area (Å²) >= 11 is 0. The molecule has 4 heteroatoms. The lowest BCUT2D eigenvalue weighted by Gasteiger charge is -2.24. The molecule has 0 aromatic carbocycles. The van der Waals surface area contributed by atoms with Crippen LogP contribution in [0.1, 0.15) is 38.3 Å². The Morgan fingerprint density at radius 1 is 1.53 bits per heavy atom. The topological polar surface area (TPSA) is 57.0 Å². The van der Waals surface area contributed by atoms with Gasteiger partial charge in [-0.05, 0) is 32.9 Å². The molecule has 4 nitrogen and oxygen atoms in total. The molecule has 2 aromatic heterocycles. The molecule has 0 aliphatic heterocycles. The quantitative estimate of drug-likeness (QED) is 0.882. The maximum Gasteiger partial charge on any atom is 0.105 e. The molecule has 1 atom stereocenters. The number of nitrogens with two attached hydrogens (primary N) is 1. The molecule has 0 radical (unpaired) electrons. The van der Waals surface area contributed by atoms with Crippen LogP contribution in [0.2, 0.25) is 0 Å². The molecule has 17 heavy (non-hydrogen) atoms. The van der Waals surface area contributed by atoms with E-state index in [2.05, 4.69) is 16.5 Å². The van der Waals surface area contributed by atoms with Gasteiger partial charge in [-0.25, -0.2) is 4.98 Å². The third kappa shape index (κ3) is 2.58. The summed E-state index contributed by atoms with van der Waals surface area (Å²) in [5.41, 5.74) is 6.79. The zero-order chi connectivity index (χ0) is 12.5. The summed E-state index contributed by atoms with van der Waals surface area (Å²) in [6.45, 7) is 6.11. The molecule has 1 unspecified atom stereocenters. The fraction of sp³-hybridized carbons (Fsp3) is 0.462. The number of hydrogen-bond acceptors (Lipinski definition) is 3. The third-order valence-corrected chi connectivity index (χ3v) is 2.88. The molecular formula is C13H19N3O. The van der Waals surface area contributed by atoms with E-state index in [1.807, 2.05) is 38.5 Å². The van der Waals surface area contributed by atoms with Crippen LogP contribution in [0.25, 0.3) is 0 Å². The number of nitrogens with zero attached hydrogens (tertiary/aromatic N) is 2. The lowest BCUT2D eigenvalue weighted by Crippen LogP contribution is -2.32. The summed E-state index contributed by atoms with van der Waals surface area (Å²) in [4.78, 5) is 4.19. The van der Waals surface area contributed by atoms with Crippen molar-refractivity contribution in [2.45, 2.75) is 38.8 Å². The van der Waals surface area contributed by atoms with Crippen molar-refractivity contribution in [2.75, 3.05) is 0 Å². The number of imidazole rings is 1. The number of furan rings is 1. The molecule has 0 aliphatic rings. The van der Waals surface area contributed by atoms with Gasteiger partial charge in [0.05, 0.1) is 23.8 Å². The summed E-state index contributed by atoms with van der Waals surface area (Å²) in [7, 11) is 0. The highest BCUT2D eigenvalue weighted by Crippen LogP contribution is 2.22. The molecule has 2 heterocycles. The molecule has 0 aliphatic carbocycles. The summed E-state index contributed by atoms with van der Waals surface area (Å²) in [5, 5.41) is 0. The molecule has 0 amide bonds. The molecule has 0 saturated carbocycles. The van der Waals surface area contributed by atoms with Crippen molar-refractivity contribution in [3.63, 3.8) is 0 Å². The SMILES string of the molecule is CC(Cc1ccco1)n1cncc1C(C)(C)N. The Kier molecular flexibility index (Phi) is 3.07. The molecule has 2 aromatic rings. The van der Waals surface area contributed by atoms with Crippen molar-refractivity contribution in [3.05, 3.63) is 42.4 Å². The van der Waals surface area contributed by atoms with Gasteiger partial charge in [-0.3, -0.25) is 0 Å². The molecular weight excluding hydrogens is 214 g/mol. The van der Waals surface area contributed by atoms with Crippen LogP contribution in [0.4, 0.5) is 0 Å². The highest BCUT2D eigenvalue weighted by Gasteiger charge is 2.21. The van der Waals surface area contributed by atoms with E-state index in [0.29, 0.717) is 0 Å². The lowest BCUT2D eigenvalue weighted by molar-refractivity contribution is 0.414. The number of aromatic nitrogens is 2. The minimum atomic E-state index is -0.381. The van der Waals surface area contributed by atoms with Gasteiger partial charge in [0.15, 0.2) is 0 Å². The second-order valence-electron chi connectivity index (χ2n) is 5.04. The number of rotatable bonds is 4. The standard InChI is InChI=1S/C13H19N3O/c1-10(7-11-5-4-6-17-11)16-9-15-8-12(16)13(2,3)14/h4-6,8-10H,7,14H2,1-3H3. The van der Waals surface area contributed by atoms with Crippen LogP contribution in [-0.4, -0.2) is 9.55 Å². The Bertz CT molecular complexity index is 465. The maximum absolute atomic E-state index is 6.13. The molecule has 2 N–H and O–H groups in total. The average Bonchev–Trinajstić information content (AvgIpc) is 2.85. The largest absolute Gasteiger partial charge is 0.469 e. The van der Waals surface area contributed by atoms with Gasteiger partial charge in [0.25, 0.3) is 0 Å². The van der Waals surface area contributed by atoms with E-state index in [1.54, 1.807) is 6.26 Å². The number of hydrogen-bond donors (Lipinski definition) is 1. The second kappa shape index (κ2) is 4.37. The zero-order valence-corrected chi connectivity index (χ0v) is 10.6. The zero-order valence-electron chi connectivity index (χ0n) is 10.6. The Morgan fingerprint density at radius 3 is 2.88 bits per heavy atom. The van der Waals surface area contributed by atoms with Gasteiger partial charge in [0.1, 0.15) is 5.76 Å². The Labute approximate surface area is 101 Å². The first-order valence-corrected chi connectivity index (χ1v) is 5.82. The third-order valence-electron chi connectivity index (χ3n) is 2.88. The van der Waals surface area contributed by atoms with Crippen molar-refractivity contribution < 1.29 is 4.42 Å². The molecule has 92 valence electrons. The van der Waals surface area contributed by atoms with E-state index in [0.717, 1.165) is 17.9 Å². The van der Waals surface area contributed by atoms with E-state index in [4.69, 9.17) is 10.2 Å². The Hall–Kier alpha value is -1.55. The van der Waals surface area contributed by atoms with Crippen LogP contribution in [-0.2, 0) is 12.0 Å². The predicted molar refractivity (Wildman–Crippen MR) is 66.6 cm³/mol. The first kappa shape index (κ1) is 11.9. The average molecular weight is 233 g/mol. The van der Waals surface area contributed by atoms with Crippen LogP contribution < -0.4 is 5.73 Å². The smallest absolute Gasteiger partial charge is 0.105 e. The second-order valence-corrected chi connectivity index (χ2v) is 5.04. The van der Waals surface area contributed by atoms with Gasteiger partial charge < -0.3 is 14.7 Å². The maximum atomic E-state index is 6.13. The monoisotopic (exact) mass is 233 g/mol. The van der Waals surface area contributed by atoms with E-state index in [1.165, 1.54) is 0 Å². The van der Waals surface area contributed by atoms with Gasteiger partial charge in [-0.1, -0.05) is 0 Å². The van der Waals surface area contributed by atoms with Crippen LogP contribution in [0.15, 0.2) is 35.3 Å². The summed E-state index contributed by atoms with van der Waals surface area (Å²) < 4.78 is 7.48. The molecule has 0 spiro atoms. The van der Waals surface area contributed by atoms with Crippen LogP contribution in [0.3, 0.4) is 0 Å². The fourth-order valence-electron chi connectivity index (χ4n) is 1.97. The summed E-state index contributed by atoms with van der Waals surface area (Å²) in [6.07, 6.45) is 6.20. The fourth-order valence-corrected chi connectivity index (χ4v) is 1.97. The van der Waals surface area contributed by atoms with Crippen LogP contribution >= 0.6 is 0 Å². The molecule has 0 saturated heterocycles. The first-order chi connectivity index (χ1) is 7.98. The van der Waals surface area contributed by atoms with E-state index >= 15 is 0 Å². The molecule has 0 fully saturated rings. The minimum Gasteiger partial charge on any atom is -0.469 e. The Balaban J connectivity index is 2.20.